The highest BCUT2D eigenvalue weighted by Gasteiger charge is 2.64. The average molecular weight is 683 g/mol. The lowest BCUT2D eigenvalue weighted by Crippen LogP contribution is -2.53. The Morgan fingerprint density at radius 3 is 1.66 bits per heavy atom. The molecule has 0 aromatic rings. The van der Waals surface area contributed by atoms with Crippen molar-refractivity contribution in [3.8, 4) is 0 Å². The van der Waals surface area contributed by atoms with Crippen molar-refractivity contribution in [2.24, 2.45) is 59.2 Å². The first kappa shape index (κ1) is 34.2. The number of likely N-dealkylation sites (tertiary alicyclic amines) is 2. The molecule has 0 N–H and O–H groups in total. The molecular formula is C48H78N2. The fourth-order valence-corrected chi connectivity index (χ4v) is 17.2. The Morgan fingerprint density at radius 2 is 0.940 bits per heavy atom. The highest BCUT2D eigenvalue weighted by Crippen LogP contribution is 2.62. The van der Waals surface area contributed by atoms with E-state index in [-0.39, 0.29) is 0 Å². The van der Waals surface area contributed by atoms with Crippen LogP contribution in [0.25, 0.3) is 0 Å². The van der Waals surface area contributed by atoms with Crippen LogP contribution in [0.1, 0.15) is 193 Å². The molecule has 2 aliphatic heterocycles. The lowest BCUT2D eigenvalue weighted by molar-refractivity contribution is 0.00611. The second kappa shape index (κ2) is 15.1. The third-order valence-electron chi connectivity index (χ3n) is 19.1. The van der Waals surface area contributed by atoms with Gasteiger partial charge in [-0.3, -0.25) is 9.80 Å². The van der Waals surface area contributed by atoms with Gasteiger partial charge in [-0.05, 0) is 168 Å². The van der Waals surface area contributed by atoms with Crippen LogP contribution in [-0.4, -0.2) is 46.1 Å². The van der Waals surface area contributed by atoms with Crippen molar-refractivity contribution in [3.63, 3.8) is 0 Å². The summed E-state index contributed by atoms with van der Waals surface area (Å²) in [5, 5.41) is 0. The topological polar surface area (TPSA) is 6.48 Å². The molecule has 2 nitrogen and oxygen atoms in total. The van der Waals surface area contributed by atoms with Gasteiger partial charge in [0.25, 0.3) is 0 Å². The van der Waals surface area contributed by atoms with Crippen molar-refractivity contribution >= 4 is 0 Å². The van der Waals surface area contributed by atoms with E-state index in [1.807, 2.05) is 0 Å². The van der Waals surface area contributed by atoms with E-state index < -0.39 is 0 Å². The van der Waals surface area contributed by atoms with E-state index in [4.69, 9.17) is 0 Å². The van der Waals surface area contributed by atoms with Gasteiger partial charge in [0.05, 0.1) is 0 Å². The van der Waals surface area contributed by atoms with Gasteiger partial charge >= 0.3 is 0 Å². The van der Waals surface area contributed by atoms with Crippen LogP contribution in [0.3, 0.4) is 0 Å². The molecule has 9 fully saturated rings. The molecule has 0 aromatic carbocycles. The molecular weight excluding hydrogens is 605 g/mol. The van der Waals surface area contributed by atoms with Crippen molar-refractivity contribution in [1.29, 1.82) is 0 Å². The van der Waals surface area contributed by atoms with E-state index in [2.05, 4.69) is 22.0 Å². The number of rotatable bonds is 5. The summed E-state index contributed by atoms with van der Waals surface area (Å²) in [4.78, 5) is 6.84. The van der Waals surface area contributed by atoms with E-state index in [1.165, 1.54) is 83.5 Å². The molecule has 12 atom stereocenters. The van der Waals surface area contributed by atoms with Crippen LogP contribution in [0.2, 0.25) is 0 Å². The SMILES string of the molecule is C1=CC(C2CCCC(N3C4CCCCC4C4C5C6CCC(C7CCCCC7)CC6N(C6CCC(C7CCCCC7)CC6)C5CCC43)C2)CCC1. The van der Waals surface area contributed by atoms with E-state index in [0.29, 0.717) is 0 Å². The third kappa shape index (κ3) is 6.27. The van der Waals surface area contributed by atoms with Gasteiger partial charge in [-0.2, -0.15) is 0 Å². The van der Waals surface area contributed by atoms with Crippen molar-refractivity contribution in [3.05, 3.63) is 12.2 Å². The maximum Gasteiger partial charge on any atom is 0.0137 e. The molecule has 10 aliphatic rings. The molecule has 8 aliphatic carbocycles. The van der Waals surface area contributed by atoms with Gasteiger partial charge in [0.1, 0.15) is 0 Å². The summed E-state index contributed by atoms with van der Waals surface area (Å²) in [5.41, 5.74) is 0. The molecule has 10 rings (SSSR count). The summed E-state index contributed by atoms with van der Waals surface area (Å²) in [6, 6.07) is 5.62. The minimum atomic E-state index is 0.902. The largest absolute Gasteiger partial charge is 0.294 e. The second-order valence-corrected chi connectivity index (χ2v) is 21.0. The van der Waals surface area contributed by atoms with Gasteiger partial charge in [0.2, 0.25) is 0 Å². The molecule has 2 heterocycles. The Balaban J connectivity index is 0.923. The van der Waals surface area contributed by atoms with E-state index >= 15 is 0 Å². The van der Waals surface area contributed by atoms with E-state index in [9.17, 15) is 0 Å². The van der Waals surface area contributed by atoms with Crippen molar-refractivity contribution in [2.45, 2.75) is 229 Å². The average Bonchev–Trinajstić information content (AvgIpc) is 3.71. The van der Waals surface area contributed by atoms with Crippen molar-refractivity contribution < 1.29 is 0 Å². The number of fused-ring (bicyclic) bond motifs is 7. The fraction of sp³-hybridized carbons (Fsp3) is 0.958. The van der Waals surface area contributed by atoms with Gasteiger partial charge in [0.15, 0.2) is 0 Å². The van der Waals surface area contributed by atoms with E-state index in [0.717, 1.165) is 95.4 Å². The van der Waals surface area contributed by atoms with Crippen molar-refractivity contribution in [2.75, 3.05) is 0 Å². The zero-order chi connectivity index (χ0) is 33.0. The molecule has 280 valence electrons. The van der Waals surface area contributed by atoms with Crippen LogP contribution in [0.4, 0.5) is 0 Å². The lowest BCUT2D eigenvalue weighted by Gasteiger charge is -2.49. The van der Waals surface area contributed by atoms with E-state index in [1.54, 1.807) is 109 Å². The summed E-state index contributed by atoms with van der Waals surface area (Å²) >= 11 is 0. The summed E-state index contributed by atoms with van der Waals surface area (Å²) < 4.78 is 0. The molecule has 2 heteroatoms. The quantitative estimate of drug-likeness (QED) is 0.266. The molecule has 50 heavy (non-hydrogen) atoms. The summed E-state index contributed by atoms with van der Waals surface area (Å²) in [7, 11) is 0. The van der Waals surface area contributed by atoms with Crippen LogP contribution >= 0.6 is 0 Å². The summed E-state index contributed by atoms with van der Waals surface area (Å²) in [6.45, 7) is 0. The van der Waals surface area contributed by atoms with Crippen LogP contribution in [0.5, 0.6) is 0 Å². The van der Waals surface area contributed by atoms with Crippen LogP contribution in [0, 0.1) is 59.2 Å². The third-order valence-corrected chi connectivity index (χ3v) is 19.1. The molecule has 0 spiro atoms. The predicted octanol–water partition coefficient (Wildman–Crippen LogP) is 12.4. The molecule has 0 amide bonds. The van der Waals surface area contributed by atoms with Gasteiger partial charge in [0, 0.05) is 36.3 Å². The molecule has 0 radical (unpaired) electrons. The Morgan fingerprint density at radius 1 is 0.340 bits per heavy atom. The number of hydrogen-bond donors (Lipinski definition) is 0. The monoisotopic (exact) mass is 683 g/mol. The van der Waals surface area contributed by atoms with Gasteiger partial charge in [-0.25, -0.2) is 0 Å². The zero-order valence-electron chi connectivity index (χ0n) is 32.5. The minimum Gasteiger partial charge on any atom is -0.294 e. The first-order valence-corrected chi connectivity index (χ1v) is 24.0. The normalized spacial score (nSPS) is 49.6. The minimum absolute atomic E-state index is 0.902. The Bertz CT molecular complexity index is 1140. The van der Waals surface area contributed by atoms with Crippen LogP contribution in [-0.2, 0) is 0 Å². The van der Waals surface area contributed by atoms with Crippen molar-refractivity contribution in [1.82, 2.24) is 9.80 Å². The number of allylic oxidation sites excluding steroid dienone is 2. The van der Waals surface area contributed by atoms with Gasteiger partial charge in [-0.15, -0.1) is 0 Å². The number of hydrogen-bond acceptors (Lipinski definition) is 2. The second-order valence-electron chi connectivity index (χ2n) is 21.0. The highest BCUT2D eigenvalue weighted by molar-refractivity contribution is 5.17. The fourth-order valence-electron chi connectivity index (χ4n) is 17.2. The smallest absolute Gasteiger partial charge is 0.0137 e. The standard InChI is InChI=1S/C48H78N2/c1-4-13-33(14-5-1)36-23-26-39(27-24-36)49-44-29-30-45-47(48(44)42-28-25-38(32-46(42)49)35-17-8-3-9-18-35)41-21-10-11-22-43(41)50(45)40-20-12-19-37(31-40)34-15-6-2-7-16-34/h6,15,33-48H,1-5,7-14,16-32H2. The predicted molar refractivity (Wildman–Crippen MR) is 209 cm³/mol. The first-order chi connectivity index (χ1) is 24.8. The highest BCUT2D eigenvalue weighted by atomic mass is 15.3. The van der Waals surface area contributed by atoms with Crippen LogP contribution in [0.15, 0.2) is 12.2 Å². The Kier molecular flexibility index (Phi) is 10.3. The number of nitrogens with zero attached hydrogens (tertiary/aromatic N) is 2. The maximum absolute atomic E-state index is 3.45. The first-order valence-electron chi connectivity index (χ1n) is 24.0. The maximum atomic E-state index is 3.45. The zero-order valence-corrected chi connectivity index (χ0v) is 32.5. The van der Waals surface area contributed by atoms with Gasteiger partial charge in [-0.1, -0.05) is 95.6 Å². The molecule has 0 bridgehead atoms. The van der Waals surface area contributed by atoms with Gasteiger partial charge < -0.3 is 0 Å². The Hall–Kier alpha value is -0.340. The molecule has 7 saturated carbocycles. The molecule has 12 unspecified atom stereocenters. The Labute approximate surface area is 309 Å². The summed E-state index contributed by atoms with van der Waals surface area (Å²) in [5.74, 6) is 10.3. The summed E-state index contributed by atoms with van der Waals surface area (Å²) in [6.07, 6.45) is 51.5. The lowest BCUT2D eigenvalue weighted by atomic mass is 9.60. The molecule has 0 aromatic heterocycles. The molecule has 2 saturated heterocycles. The van der Waals surface area contributed by atoms with Crippen LogP contribution < -0.4 is 0 Å².